The van der Waals surface area contributed by atoms with Crippen molar-refractivity contribution in [1.82, 2.24) is 4.98 Å². The van der Waals surface area contributed by atoms with Gasteiger partial charge in [0, 0.05) is 17.5 Å². The topological polar surface area (TPSA) is 63.6 Å². The number of carbonyl (C=O) groups is 1. The Labute approximate surface area is 139 Å². The van der Waals surface area contributed by atoms with Crippen LogP contribution >= 0.6 is 0 Å². The molecule has 1 aromatic carbocycles. The van der Waals surface area contributed by atoms with Gasteiger partial charge in [0.2, 0.25) is 5.91 Å². The minimum absolute atomic E-state index is 0.0155. The van der Waals surface area contributed by atoms with Crippen LogP contribution in [0, 0.1) is 5.92 Å². The number of aromatic nitrogens is 1. The molecule has 5 heteroatoms. The lowest BCUT2D eigenvalue weighted by molar-refractivity contribution is -0.118. The van der Waals surface area contributed by atoms with Gasteiger partial charge < -0.3 is 10.1 Å². The normalized spacial score (nSPS) is 18.1. The number of benzene rings is 1. The van der Waals surface area contributed by atoms with E-state index in [2.05, 4.69) is 15.3 Å². The molecule has 0 spiro atoms. The van der Waals surface area contributed by atoms with Crippen molar-refractivity contribution in [3.8, 4) is 5.75 Å². The lowest BCUT2D eigenvalue weighted by Gasteiger charge is -2.19. The van der Waals surface area contributed by atoms with E-state index in [1.807, 2.05) is 30.3 Å². The van der Waals surface area contributed by atoms with Gasteiger partial charge in [0.1, 0.15) is 5.75 Å². The second kappa shape index (κ2) is 5.92. The van der Waals surface area contributed by atoms with Gasteiger partial charge in [-0.3, -0.25) is 9.78 Å². The molecule has 0 radical (unpaired) electrons. The number of ether oxygens (including phenoxy) is 1. The Morgan fingerprint density at radius 3 is 3.04 bits per heavy atom. The zero-order valence-electron chi connectivity index (χ0n) is 13.3. The van der Waals surface area contributed by atoms with Crippen LogP contribution in [0.15, 0.2) is 59.5 Å². The summed E-state index contributed by atoms with van der Waals surface area (Å²) in [5.74, 6) is 0.602. The molecule has 1 aliphatic carbocycles. The van der Waals surface area contributed by atoms with Crippen molar-refractivity contribution in [2.45, 2.75) is 12.8 Å². The van der Waals surface area contributed by atoms with E-state index in [4.69, 9.17) is 4.74 Å². The van der Waals surface area contributed by atoms with Gasteiger partial charge in [-0.1, -0.05) is 0 Å². The van der Waals surface area contributed by atoms with Gasteiger partial charge in [-0.2, -0.15) is 0 Å². The first-order chi connectivity index (χ1) is 11.7. The summed E-state index contributed by atoms with van der Waals surface area (Å²) in [5.41, 5.74) is 2.85. The summed E-state index contributed by atoms with van der Waals surface area (Å²) >= 11 is 0. The highest BCUT2D eigenvalue weighted by Gasteiger charge is 2.26. The number of hydrogen-bond donors (Lipinski definition) is 1. The summed E-state index contributed by atoms with van der Waals surface area (Å²) in [4.78, 5) is 21.2. The average molecular weight is 319 g/mol. The fraction of sp³-hybridized carbons (Fsp3) is 0.211. The van der Waals surface area contributed by atoms with Crippen LogP contribution in [0.3, 0.4) is 0 Å². The number of nitrogens with zero attached hydrogens (tertiary/aromatic N) is 2. The molecule has 0 saturated heterocycles. The predicted molar refractivity (Wildman–Crippen MR) is 90.9 cm³/mol. The first-order valence-corrected chi connectivity index (χ1v) is 7.93. The molecule has 4 rings (SSSR count). The highest BCUT2D eigenvalue weighted by atomic mass is 16.5. The Balaban J connectivity index is 1.62. The number of allylic oxidation sites excluding steroid dienone is 1. The SMILES string of the molecule is COc1ccc2c(c1)=NC1=CC(C(=O)Nc3cccnc3)CCC=21. The van der Waals surface area contributed by atoms with Gasteiger partial charge in [-0.15, -0.1) is 0 Å². The lowest BCUT2D eigenvalue weighted by atomic mass is 9.89. The van der Waals surface area contributed by atoms with Crippen molar-refractivity contribution in [2.24, 2.45) is 10.9 Å². The molecular weight excluding hydrogens is 302 g/mol. The van der Waals surface area contributed by atoms with Crippen LogP contribution in [0.4, 0.5) is 5.69 Å². The number of pyridine rings is 1. The molecule has 1 atom stereocenters. The number of methoxy groups -OCH3 is 1. The molecule has 2 aromatic rings. The first-order valence-electron chi connectivity index (χ1n) is 7.93. The molecule has 2 heterocycles. The van der Waals surface area contributed by atoms with E-state index < -0.39 is 0 Å². The van der Waals surface area contributed by atoms with Gasteiger partial charge in [0.15, 0.2) is 0 Å². The maximum Gasteiger partial charge on any atom is 0.231 e. The number of carbonyl (C=O) groups excluding carboxylic acids is 1. The third kappa shape index (κ3) is 2.58. The number of amides is 1. The Kier molecular flexibility index (Phi) is 3.61. The molecule has 1 N–H and O–H groups in total. The molecule has 2 aliphatic rings. The van der Waals surface area contributed by atoms with Gasteiger partial charge >= 0.3 is 0 Å². The number of anilines is 1. The van der Waals surface area contributed by atoms with Crippen LogP contribution in [0.5, 0.6) is 5.75 Å². The Hall–Kier alpha value is -2.95. The molecule has 1 aromatic heterocycles. The van der Waals surface area contributed by atoms with E-state index in [9.17, 15) is 4.79 Å². The van der Waals surface area contributed by atoms with E-state index in [-0.39, 0.29) is 11.8 Å². The third-order valence-corrected chi connectivity index (χ3v) is 4.41. The number of nitrogens with one attached hydrogen (secondary N) is 1. The molecule has 1 aliphatic heterocycles. The van der Waals surface area contributed by atoms with Crippen molar-refractivity contribution < 1.29 is 9.53 Å². The van der Waals surface area contributed by atoms with Crippen molar-refractivity contribution in [3.05, 3.63) is 65.1 Å². The average Bonchev–Trinajstić information content (AvgIpc) is 2.99. The van der Waals surface area contributed by atoms with Crippen molar-refractivity contribution in [3.63, 3.8) is 0 Å². The van der Waals surface area contributed by atoms with E-state index >= 15 is 0 Å². The summed E-state index contributed by atoms with van der Waals surface area (Å²) in [6.45, 7) is 0. The number of hydrogen-bond acceptors (Lipinski definition) is 4. The summed E-state index contributed by atoms with van der Waals surface area (Å²) in [6.07, 6.45) is 6.93. The smallest absolute Gasteiger partial charge is 0.231 e. The van der Waals surface area contributed by atoms with E-state index in [0.717, 1.165) is 34.9 Å². The number of fused-ring (bicyclic) bond motifs is 2. The first kappa shape index (κ1) is 14.6. The van der Waals surface area contributed by atoms with Crippen LogP contribution in [-0.4, -0.2) is 18.0 Å². The lowest BCUT2D eigenvalue weighted by Crippen LogP contribution is -2.25. The fourth-order valence-electron chi connectivity index (χ4n) is 3.17. The Morgan fingerprint density at radius 1 is 1.33 bits per heavy atom. The minimum atomic E-state index is -0.177. The van der Waals surface area contributed by atoms with Crippen LogP contribution in [0.25, 0.3) is 5.57 Å². The van der Waals surface area contributed by atoms with Gasteiger partial charge in [-0.05, 0) is 48.8 Å². The largest absolute Gasteiger partial charge is 0.497 e. The fourth-order valence-corrected chi connectivity index (χ4v) is 3.17. The predicted octanol–water partition coefficient (Wildman–Crippen LogP) is 1.81. The molecule has 0 fully saturated rings. The molecule has 0 bridgehead atoms. The second-order valence-corrected chi connectivity index (χ2v) is 5.90. The minimum Gasteiger partial charge on any atom is -0.497 e. The molecule has 1 unspecified atom stereocenters. The molecule has 24 heavy (non-hydrogen) atoms. The van der Waals surface area contributed by atoms with Crippen LogP contribution in [-0.2, 0) is 4.79 Å². The highest BCUT2D eigenvalue weighted by molar-refractivity contribution is 5.94. The maximum atomic E-state index is 12.5. The monoisotopic (exact) mass is 319 g/mol. The van der Waals surface area contributed by atoms with Crippen LogP contribution in [0.2, 0.25) is 0 Å². The summed E-state index contributed by atoms with van der Waals surface area (Å²) < 4.78 is 5.26. The molecule has 5 nitrogen and oxygen atoms in total. The molecule has 0 saturated carbocycles. The van der Waals surface area contributed by atoms with Gasteiger partial charge in [0.05, 0.1) is 36.0 Å². The number of rotatable bonds is 3. The quantitative estimate of drug-likeness (QED) is 0.938. The highest BCUT2D eigenvalue weighted by Crippen LogP contribution is 2.31. The van der Waals surface area contributed by atoms with Crippen molar-refractivity contribution in [2.75, 3.05) is 12.4 Å². The van der Waals surface area contributed by atoms with E-state index in [1.54, 1.807) is 25.6 Å². The molecule has 1 amide bonds. The zero-order chi connectivity index (χ0) is 16.5. The van der Waals surface area contributed by atoms with Crippen LogP contribution < -0.4 is 20.6 Å². The Morgan fingerprint density at radius 2 is 2.25 bits per heavy atom. The van der Waals surface area contributed by atoms with Crippen LogP contribution in [0.1, 0.15) is 12.8 Å². The van der Waals surface area contributed by atoms with Gasteiger partial charge in [-0.25, -0.2) is 4.99 Å². The van der Waals surface area contributed by atoms with Gasteiger partial charge in [0.25, 0.3) is 0 Å². The van der Waals surface area contributed by atoms with Crippen molar-refractivity contribution >= 4 is 17.2 Å². The summed E-state index contributed by atoms with van der Waals surface area (Å²) in [6, 6.07) is 9.57. The molecule has 120 valence electrons. The summed E-state index contributed by atoms with van der Waals surface area (Å²) in [5, 5.41) is 4.98. The standard InChI is InChI=1S/C19H17N3O2/c1-24-14-5-7-16-15-6-4-12(9-17(15)22-18(16)10-14)19(23)21-13-3-2-8-20-11-13/h2-3,5,7-12H,4,6H2,1H3,(H,21,23). The van der Waals surface area contributed by atoms with Crippen molar-refractivity contribution in [1.29, 1.82) is 0 Å². The second-order valence-electron chi connectivity index (χ2n) is 5.90. The Bertz CT molecular complexity index is 948. The van der Waals surface area contributed by atoms with E-state index in [0.29, 0.717) is 5.69 Å². The zero-order valence-corrected chi connectivity index (χ0v) is 13.3. The summed E-state index contributed by atoms with van der Waals surface area (Å²) in [7, 11) is 1.65. The third-order valence-electron chi connectivity index (χ3n) is 4.41. The van der Waals surface area contributed by atoms with E-state index in [1.165, 1.54) is 5.57 Å². The molecular formula is C19H17N3O2. The maximum absolute atomic E-state index is 12.5.